The Bertz CT molecular complexity index is 647. The normalized spacial score (nSPS) is 11.3. The van der Waals surface area contributed by atoms with E-state index in [1.54, 1.807) is 12.1 Å². The Morgan fingerprint density at radius 3 is 1.97 bits per heavy atom. The zero-order valence-electron chi connectivity index (χ0n) is 18.2. The largest absolute Gasteiger partial charge is 0.385 e. The number of nitrogens with one attached hydrogen (secondary N) is 1. The van der Waals surface area contributed by atoms with E-state index >= 15 is 0 Å². The van der Waals surface area contributed by atoms with Gasteiger partial charge in [0.15, 0.2) is 0 Å². The fourth-order valence-corrected chi connectivity index (χ4v) is 3.50. The van der Waals surface area contributed by atoms with Gasteiger partial charge >= 0.3 is 0 Å². The molecule has 0 aliphatic rings. The summed E-state index contributed by atoms with van der Waals surface area (Å²) >= 11 is 0. The number of anilines is 1. The molecular weight excluding hydrogens is 418 g/mol. The van der Waals surface area contributed by atoms with Crippen molar-refractivity contribution in [2.24, 2.45) is 5.73 Å². The summed E-state index contributed by atoms with van der Waals surface area (Å²) in [7, 11) is 0. The average molecular weight is 458 g/mol. The lowest BCUT2D eigenvalue weighted by Crippen LogP contribution is -2.15. The van der Waals surface area contributed by atoms with Gasteiger partial charge in [-0.15, -0.1) is 24.8 Å². The molecule has 0 bridgehead atoms. The van der Waals surface area contributed by atoms with Crippen molar-refractivity contribution in [2.45, 2.75) is 77.2 Å². The van der Waals surface area contributed by atoms with Crippen LogP contribution in [0.5, 0.6) is 0 Å². The molecule has 0 spiro atoms. The highest BCUT2D eigenvalue weighted by Crippen LogP contribution is 2.17. The number of benzene rings is 2. The Kier molecular flexibility index (Phi) is 16.6. The van der Waals surface area contributed by atoms with Gasteiger partial charge in [0.2, 0.25) is 0 Å². The number of unbranched alkanes of at least 4 members (excludes halogenated alkanes) is 7. The lowest BCUT2D eigenvalue weighted by molar-refractivity contribution is 0.575. The van der Waals surface area contributed by atoms with Crippen molar-refractivity contribution >= 4 is 30.5 Å². The summed E-state index contributed by atoms with van der Waals surface area (Å²) in [5, 5.41) is 3.43. The molecule has 2 aromatic carbocycles. The predicted molar refractivity (Wildman–Crippen MR) is 134 cm³/mol. The third kappa shape index (κ3) is 11.8. The zero-order valence-corrected chi connectivity index (χ0v) is 19.9. The van der Waals surface area contributed by atoms with Crippen LogP contribution in [0.3, 0.4) is 0 Å². The molecule has 0 aliphatic heterocycles. The van der Waals surface area contributed by atoms with Crippen LogP contribution in [-0.2, 0) is 6.42 Å². The van der Waals surface area contributed by atoms with E-state index in [1.165, 1.54) is 75.5 Å². The fraction of sp³-hybridized carbons (Fsp3) is 0.520. The third-order valence-corrected chi connectivity index (χ3v) is 5.36. The number of hydrogen-bond donors (Lipinski definition) is 2. The van der Waals surface area contributed by atoms with E-state index < -0.39 is 0 Å². The molecule has 2 aromatic rings. The van der Waals surface area contributed by atoms with Gasteiger partial charge in [0.25, 0.3) is 0 Å². The Labute approximate surface area is 195 Å². The second kappa shape index (κ2) is 17.4. The Hall–Kier alpha value is -1.29. The average Bonchev–Trinajstić information content (AvgIpc) is 2.71. The van der Waals surface area contributed by atoms with Crippen LogP contribution in [-0.4, -0.2) is 6.54 Å². The summed E-state index contributed by atoms with van der Waals surface area (Å²) in [5.41, 5.74) is 9.71. The SMILES string of the molecule is CCCCCCCCCCc1ccc(NCCC(N)c2ccc(F)cc2)cc1.Cl.Cl. The molecule has 1 unspecified atom stereocenters. The monoisotopic (exact) mass is 456 g/mol. The van der Waals surface area contributed by atoms with E-state index in [0.717, 1.165) is 24.2 Å². The fourth-order valence-electron chi connectivity index (χ4n) is 3.50. The lowest BCUT2D eigenvalue weighted by atomic mass is 10.0. The van der Waals surface area contributed by atoms with Crippen molar-refractivity contribution in [3.63, 3.8) is 0 Å². The van der Waals surface area contributed by atoms with Gasteiger partial charge < -0.3 is 11.1 Å². The highest BCUT2D eigenvalue weighted by molar-refractivity contribution is 5.85. The minimum Gasteiger partial charge on any atom is -0.385 e. The van der Waals surface area contributed by atoms with E-state index in [9.17, 15) is 4.39 Å². The first-order valence-electron chi connectivity index (χ1n) is 11.0. The molecule has 0 saturated carbocycles. The molecule has 2 rings (SSSR count). The summed E-state index contributed by atoms with van der Waals surface area (Å²) in [5.74, 6) is -0.221. The standard InChI is InChI=1S/C25H37FN2.2ClH/c1-2-3-4-5-6-7-8-9-10-21-11-17-24(18-12-21)28-20-19-25(27)22-13-15-23(26)16-14-22;;/h11-18,25,28H,2-10,19-20,27H2,1H3;2*1H. The molecule has 170 valence electrons. The van der Waals surface area contributed by atoms with Crippen molar-refractivity contribution in [2.75, 3.05) is 11.9 Å². The molecule has 30 heavy (non-hydrogen) atoms. The smallest absolute Gasteiger partial charge is 0.123 e. The first-order valence-corrected chi connectivity index (χ1v) is 11.0. The van der Waals surface area contributed by atoms with Crippen LogP contribution >= 0.6 is 24.8 Å². The van der Waals surface area contributed by atoms with Gasteiger partial charge in [-0.05, 0) is 54.7 Å². The molecule has 0 aliphatic carbocycles. The van der Waals surface area contributed by atoms with Crippen LogP contribution in [0.15, 0.2) is 48.5 Å². The molecule has 0 amide bonds. The summed E-state index contributed by atoms with van der Waals surface area (Å²) in [6, 6.07) is 15.1. The minimum absolute atomic E-state index is 0. The summed E-state index contributed by atoms with van der Waals surface area (Å²) < 4.78 is 13.0. The maximum absolute atomic E-state index is 13.0. The molecular formula is C25H39Cl2FN2. The second-order valence-corrected chi connectivity index (χ2v) is 7.80. The van der Waals surface area contributed by atoms with Crippen LogP contribution in [0.2, 0.25) is 0 Å². The molecule has 3 N–H and O–H groups in total. The van der Waals surface area contributed by atoms with Gasteiger partial charge in [-0.25, -0.2) is 4.39 Å². The first-order chi connectivity index (χ1) is 13.7. The number of halogens is 3. The van der Waals surface area contributed by atoms with Gasteiger partial charge in [0, 0.05) is 18.3 Å². The van der Waals surface area contributed by atoms with Crippen LogP contribution in [0.1, 0.15) is 81.9 Å². The summed E-state index contributed by atoms with van der Waals surface area (Å²) in [4.78, 5) is 0. The van der Waals surface area contributed by atoms with E-state index in [4.69, 9.17) is 5.73 Å². The number of hydrogen-bond acceptors (Lipinski definition) is 2. The summed E-state index contributed by atoms with van der Waals surface area (Å²) in [6.45, 7) is 3.07. The van der Waals surface area contributed by atoms with Crippen LogP contribution in [0.25, 0.3) is 0 Å². The maximum atomic E-state index is 13.0. The highest BCUT2D eigenvalue weighted by atomic mass is 35.5. The van der Waals surface area contributed by atoms with Crippen LogP contribution < -0.4 is 11.1 Å². The van der Waals surface area contributed by atoms with Gasteiger partial charge in [0.1, 0.15) is 5.82 Å². The van der Waals surface area contributed by atoms with Crippen molar-refractivity contribution in [3.05, 3.63) is 65.5 Å². The van der Waals surface area contributed by atoms with Crippen molar-refractivity contribution in [1.82, 2.24) is 0 Å². The van der Waals surface area contributed by atoms with Crippen molar-refractivity contribution in [1.29, 1.82) is 0 Å². The zero-order chi connectivity index (χ0) is 20.0. The summed E-state index contributed by atoms with van der Waals surface area (Å²) in [6.07, 6.45) is 12.9. The Balaban J connectivity index is 0.00000420. The lowest BCUT2D eigenvalue weighted by Gasteiger charge is -2.13. The molecule has 1 atom stereocenters. The third-order valence-electron chi connectivity index (χ3n) is 5.36. The molecule has 0 radical (unpaired) electrons. The van der Waals surface area contributed by atoms with Gasteiger partial charge in [-0.3, -0.25) is 0 Å². The quantitative estimate of drug-likeness (QED) is 0.284. The van der Waals surface area contributed by atoms with Gasteiger partial charge in [0.05, 0.1) is 0 Å². The topological polar surface area (TPSA) is 38.0 Å². The minimum atomic E-state index is -0.221. The number of nitrogens with two attached hydrogens (primary N) is 1. The molecule has 5 heteroatoms. The maximum Gasteiger partial charge on any atom is 0.123 e. The van der Waals surface area contributed by atoms with E-state index in [0.29, 0.717) is 0 Å². The van der Waals surface area contributed by atoms with E-state index in [1.807, 2.05) is 0 Å². The van der Waals surface area contributed by atoms with Gasteiger partial charge in [-0.1, -0.05) is 76.1 Å². The number of rotatable bonds is 14. The molecule has 0 saturated heterocycles. The van der Waals surface area contributed by atoms with E-state index in [-0.39, 0.29) is 36.7 Å². The highest BCUT2D eigenvalue weighted by Gasteiger charge is 2.05. The van der Waals surface area contributed by atoms with E-state index in [2.05, 4.69) is 36.5 Å². The second-order valence-electron chi connectivity index (χ2n) is 7.80. The predicted octanol–water partition coefficient (Wildman–Crippen LogP) is 7.85. The van der Waals surface area contributed by atoms with Crippen molar-refractivity contribution < 1.29 is 4.39 Å². The molecule has 0 heterocycles. The molecule has 0 fully saturated rings. The van der Waals surface area contributed by atoms with Gasteiger partial charge in [-0.2, -0.15) is 0 Å². The molecule has 2 nitrogen and oxygen atoms in total. The van der Waals surface area contributed by atoms with Crippen molar-refractivity contribution in [3.8, 4) is 0 Å². The first kappa shape index (κ1) is 28.7. The number of aryl methyl sites for hydroxylation is 1. The van der Waals surface area contributed by atoms with Crippen LogP contribution in [0.4, 0.5) is 10.1 Å². The Morgan fingerprint density at radius 2 is 1.37 bits per heavy atom. The van der Waals surface area contributed by atoms with Crippen LogP contribution in [0, 0.1) is 5.82 Å². The Morgan fingerprint density at radius 1 is 0.800 bits per heavy atom. The molecule has 0 aromatic heterocycles.